The Hall–Kier alpha value is -2.54. The molecule has 3 N–H and O–H groups in total. The van der Waals surface area contributed by atoms with Gasteiger partial charge in [0, 0.05) is 25.1 Å². The molecule has 4 nitrogen and oxygen atoms in total. The number of alkyl halides is 3. The second-order valence-corrected chi connectivity index (χ2v) is 6.89. The first kappa shape index (κ1) is 21.8. The predicted octanol–water partition coefficient (Wildman–Crippen LogP) is 3.79. The molecule has 0 heterocycles. The highest BCUT2D eigenvalue weighted by atomic mass is 19.4. The van der Waals surface area contributed by atoms with Crippen LogP contribution in [0.15, 0.2) is 54.6 Å². The number of amides is 2. The van der Waals surface area contributed by atoms with Crippen molar-refractivity contribution in [2.24, 2.45) is 5.92 Å². The van der Waals surface area contributed by atoms with Crippen molar-refractivity contribution in [3.8, 4) is 0 Å². The average Bonchev–Trinajstić information content (AvgIpc) is 2.65. The summed E-state index contributed by atoms with van der Waals surface area (Å²) in [6, 6.07) is 14.0. The van der Waals surface area contributed by atoms with Crippen molar-refractivity contribution in [3.05, 3.63) is 71.3 Å². The van der Waals surface area contributed by atoms with Crippen LogP contribution in [0.2, 0.25) is 0 Å². The Labute approximate surface area is 162 Å². The molecule has 2 aromatic rings. The van der Waals surface area contributed by atoms with E-state index in [1.165, 1.54) is 12.1 Å². The van der Waals surface area contributed by atoms with Crippen molar-refractivity contribution in [3.63, 3.8) is 0 Å². The van der Waals surface area contributed by atoms with Gasteiger partial charge in [0.25, 0.3) is 0 Å². The van der Waals surface area contributed by atoms with Crippen molar-refractivity contribution in [2.75, 3.05) is 13.2 Å². The van der Waals surface area contributed by atoms with Gasteiger partial charge in [0.1, 0.15) is 0 Å². The smallest absolute Gasteiger partial charge is 0.396 e. The first-order valence-corrected chi connectivity index (χ1v) is 9.13. The van der Waals surface area contributed by atoms with Gasteiger partial charge in [-0.1, -0.05) is 42.5 Å². The van der Waals surface area contributed by atoms with Crippen LogP contribution in [-0.4, -0.2) is 30.3 Å². The molecule has 0 spiro atoms. The molecule has 2 aromatic carbocycles. The molecule has 0 aliphatic rings. The number of aliphatic hydroxyl groups is 1. The molecule has 2 amide bonds. The van der Waals surface area contributed by atoms with Crippen molar-refractivity contribution in [1.29, 1.82) is 0 Å². The van der Waals surface area contributed by atoms with Gasteiger partial charge in [-0.3, -0.25) is 0 Å². The van der Waals surface area contributed by atoms with Crippen LogP contribution in [0.3, 0.4) is 0 Å². The van der Waals surface area contributed by atoms with E-state index in [4.69, 9.17) is 0 Å². The van der Waals surface area contributed by atoms with E-state index in [-0.39, 0.29) is 24.6 Å². The zero-order chi connectivity index (χ0) is 20.6. The summed E-state index contributed by atoms with van der Waals surface area (Å²) in [6.45, 7) is 2.06. The van der Waals surface area contributed by atoms with Gasteiger partial charge in [-0.25, -0.2) is 4.79 Å². The molecule has 152 valence electrons. The summed E-state index contributed by atoms with van der Waals surface area (Å²) in [5.74, 6) is -0.0987. The lowest BCUT2D eigenvalue weighted by Gasteiger charge is -2.18. The van der Waals surface area contributed by atoms with Crippen molar-refractivity contribution in [2.45, 2.75) is 32.0 Å². The van der Waals surface area contributed by atoms with Crippen LogP contribution in [0.4, 0.5) is 18.0 Å². The SMILES string of the molecule is CC(Cc1ccc(C(F)(F)F)cc1)NC(=O)NCC(CO)Cc1ccccc1. The molecule has 0 saturated heterocycles. The predicted molar refractivity (Wildman–Crippen MR) is 102 cm³/mol. The molecule has 0 aromatic heterocycles. The summed E-state index contributed by atoms with van der Waals surface area (Å²) >= 11 is 0. The van der Waals surface area contributed by atoms with E-state index in [1.807, 2.05) is 30.3 Å². The maximum atomic E-state index is 12.6. The normalized spacial score (nSPS) is 13.6. The van der Waals surface area contributed by atoms with Crippen molar-refractivity contribution >= 4 is 6.03 Å². The molecular weight excluding hydrogens is 369 g/mol. The van der Waals surface area contributed by atoms with Crippen molar-refractivity contribution < 1.29 is 23.1 Å². The van der Waals surface area contributed by atoms with E-state index in [1.54, 1.807) is 6.92 Å². The number of aliphatic hydroxyl groups excluding tert-OH is 1. The summed E-state index contributed by atoms with van der Waals surface area (Å²) in [5, 5.41) is 15.0. The highest BCUT2D eigenvalue weighted by molar-refractivity contribution is 5.74. The molecule has 2 atom stereocenters. The number of rotatable bonds is 8. The Morgan fingerprint density at radius 3 is 2.18 bits per heavy atom. The molecule has 0 aliphatic carbocycles. The molecule has 7 heteroatoms. The van der Waals surface area contributed by atoms with E-state index in [2.05, 4.69) is 10.6 Å². The zero-order valence-electron chi connectivity index (χ0n) is 15.7. The summed E-state index contributed by atoms with van der Waals surface area (Å²) in [4.78, 5) is 12.0. The second-order valence-electron chi connectivity index (χ2n) is 6.89. The van der Waals surface area contributed by atoms with E-state index in [0.29, 0.717) is 24.9 Å². The van der Waals surface area contributed by atoms with Gasteiger partial charge in [0.05, 0.1) is 5.56 Å². The number of hydrogen-bond donors (Lipinski definition) is 3. The first-order valence-electron chi connectivity index (χ1n) is 9.13. The Morgan fingerprint density at radius 2 is 1.61 bits per heavy atom. The number of benzene rings is 2. The van der Waals surface area contributed by atoms with Gasteiger partial charge in [-0.2, -0.15) is 13.2 Å². The third-order valence-electron chi connectivity index (χ3n) is 4.38. The quantitative estimate of drug-likeness (QED) is 0.638. The third kappa shape index (κ3) is 7.23. The molecule has 0 bridgehead atoms. The highest BCUT2D eigenvalue weighted by Crippen LogP contribution is 2.29. The van der Waals surface area contributed by atoms with Gasteiger partial charge < -0.3 is 15.7 Å². The minimum absolute atomic E-state index is 0.0454. The van der Waals surface area contributed by atoms with Crippen LogP contribution in [0.1, 0.15) is 23.6 Å². The van der Waals surface area contributed by atoms with Crippen molar-refractivity contribution in [1.82, 2.24) is 10.6 Å². The largest absolute Gasteiger partial charge is 0.416 e. The number of carbonyl (C=O) groups excluding carboxylic acids is 1. The molecular formula is C21H25F3N2O2. The van der Waals surface area contributed by atoms with E-state index >= 15 is 0 Å². The summed E-state index contributed by atoms with van der Waals surface area (Å²) < 4.78 is 37.8. The monoisotopic (exact) mass is 394 g/mol. The molecule has 2 rings (SSSR count). The maximum Gasteiger partial charge on any atom is 0.416 e. The maximum absolute atomic E-state index is 12.6. The lowest BCUT2D eigenvalue weighted by Crippen LogP contribution is -2.44. The fraction of sp³-hybridized carbons (Fsp3) is 0.381. The fourth-order valence-electron chi connectivity index (χ4n) is 2.89. The number of nitrogens with one attached hydrogen (secondary N) is 2. The van der Waals surface area contributed by atoms with Gasteiger partial charge in [0.2, 0.25) is 0 Å². The molecule has 2 unspecified atom stereocenters. The van der Waals surface area contributed by atoms with Gasteiger partial charge >= 0.3 is 12.2 Å². The van der Waals surface area contributed by atoms with Crippen LogP contribution in [0, 0.1) is 5.92 Å². The van der Waals surface area contributed by atoms with Crippen LogP contribution >= 0.6 is 0 Å². The minimum atomic E-state index is -4.36. The molecule has 0 fully saturated rings. The lowest BCUT2D eigenvalue weighted by atomic mass is 10.0. The standard InChI is InChI=1S/C21H25F3N2O2/c1-15(11-17-7-9-19(10-8-17)21(22,23)24)26-20(28)25-13-18(14-27)12-16-5-3-2-4-6-16/h2-10,15,18,27H,11-14H2,1H3,(H2,25,26,28). The lowest BCUT2D eigenvalue weighted by molar-refractivity contribution is -0.137. The number of urea groups is 1. The topological polar surface area (TPSA) is 61.4 Å². The minimum Gasteiger partial charge on any atom is -0.396 e. The molecule has 0 radical (unpaired) electrons. The second kappa shape index (κ2) is 10.1. The van der Waals surface area contributed by atoms with E-state index in [0.717, 1.165) is 17.7 Å². The highest BCUT2D eigenvalue weighted by Gasteiger charge is 2.29. The Kier molecular flexibility index (Phi) is 7.87. The van der Waals surface area contributed by atoms with Gasteiger partial charge in [0.15, 0.2) is 0 Å². The summed E-state index contributed by atoms with van der Waals surface area (Å²) in [5.41, 5.74) is 1.10. The zero-order valence-corrected chi connectivity index (χ0v) is 15.7. The summed E-state index contributed by atoms with van der Waals surface area (Å²) in [6.07, 6.45) is -3.29. The van der Waals surface area contributed by atoms with E-state index < -0.39 is 11.7 Å². The third-order valence-corrected chi connectivity index (χ3v) is 4.38. The number of halogens is 3. The first-order chi connectivity index (χ1) is 13.3. The van der Waals surface area contributed by atoms with Crippen LogP contribution in [-0.2, 0) is 19.0 Å². The van der Waals surface area contributed by atoms with Gasteiger partial charge in [-0.05, 0) is 43.0 Å². The van der Waals surface area contributed by atoms with E-state index in [9.17, 15) is 23.1 Å². The van der Waals surface area contributed by atoms with Crippen LogP contribution < -0.4 is 10.6 Å². The fourth-order valence-corrected chi connectivity index (χ4v) is 2.89. The number of hydrogen-bond acceptors (Lipinski definition) is 2. The van der Waals surface area contributed by atoms with Crippen LogP contribution in [0.25, 0.3) is 0 Å². The molecule has 0 aliphatic heterocycles. The summed E-state index contributed by atoms with van der Waals surface area (Å²) in [7, 11) is 0. The Morgan fingerprint density at radius 1 is 1.00 bits per heavy atom. The van der Waals surface area contributed by atoms with Gasteiger partial charge in [-0.15, -0.1) is 0 Å². The molecule has 28 heavy (non-hydrogen) atoms. The Balaban J connectivity index is 1.77. The molecule has 0 saturated carbocycles. The number of carbonyl (C=O) groups is 1. The Bertz CT molecular complexity index is 734. The average molecular weight is 394 g/mol. The van der Waals surface area contributed by atoms with Crippen LogP contribution in [0.5, 0.6) is 0 Å².